The van der Waals surface area contributed by atoms with Crippen molar-refractivity contribution in [2.75, 3.05) is 32.2 Å². The van der Waals surface area contributed by atoms with Crippen LogP contribution in [0.15, 0.2) is 0 Å². The van der Waals surface area contributed by atoms with Crippen molar-refractivity contribution >= 4 is 35.6 Å². The molecule has 1 aliphatic rings. The fourth-order valence-corrected chi connectivity index (χ4v) is 3.09. The summed E-state index contributed by atoms with van der Waals surface area (Å²) in [6, 6.07) is 0. The molecule has 0 unspecified atom stereocenters. The summed E-state index contributed by atoms with van der Waals surface area (Å²) in [6.45, 7) is 4.73. The lowest BCUT2D eigenvalue weighted by atomic mass is 9.98. The Morgan fingerprint density at radius 1 is 0.844 bits per heavy atom. The maximum absolute atomic E-state index is 11.7. The van der Waals surface area contributed by atoms with E-state index in [0.29, 0.717) is 12.4 Å². The van der Waals surface area contributed by atoms with Gasteiger partial charge in [0.25, 0.3) is 0 Å². The Hall–Kier alpha value is -2.40. The lowest BCUT2D eigenvalue weighted by Crippen LogP contribution is -2.63. The lowest BCUT2D eigenvalue weighted by molar-refractivity contribution is -0.309. The van der Waals surface area contributed by atoms with Crippen molar-refractivity contribution in [1.29, 1.82) is 5.26 Å². The Balaban J connectivity index is 3.03. The Kier molecular flexibility index (Phi) is 12.6. The highest BCUT2D eigenvalue weighted by Gasteiger charge is 2.52. The van der Waals surface area contributed by atoms with E-state index in [-0.39, 0.29) is 19.8 Å². The van der Waals surface area contributed by atoms with Gasteiger partial charge in [0.15, 0.2) is 24.6 Å². The van der Waals surface area contributed by atoms with Gasteiger partial charge in [-0.15, -0.1) is 0 Å². The first kappa shape index (κ1) is 27.6. The normalized spacial score (nSPS) is 24.7. The minimum Gasteiger partial charge on any atom is -0.463 e. The van der Waals surface area contributed by atoms with Gasteiger partial charge in [-0.3, -0.25) is 19.2 Å². The van der Waals surface area contributed by atoms with Crippen molar-refractivity contribution in [3.05, 3.63) is 0 Å². The van der Waals surface area contributed by atoms with E-state index >= 15 is 0 Å². The van der Waals surface area contributed by atoms with Gasteiger partial charge in [-0.1, -0.05) is 0 Å². The highest BCUT2D eigenvalue weighted by atomic mass is 32.2. The van der Waals surface area contributed by atoms with Gasteiger partial charge in [0.2, 0.25) is 0 Å². The highest BCUT2D eigenvalue weighted by molar-refractivity contribution is 8.03. The van der Waals surface area contributed by atoms with Crippen molar-refractivity contribution in [3.63, 3.8) is 0 Å². The molecule has 1 rings (SSSR count). The van der Waals surface area contributed by atoms with Crippen LogP contribution in [0.4, 0.5) is 0 Å². The van der Waals surface area contributed by atoms with Crippen LogP contribution in [-0.4, -0.2) is 86.8 Å². The zero-order chi connectivity index (χ0) is 24.1. The molecule has 1 fully saturated rings. The molecule has 12 nitrogen and oxygen atoms in total. The number of ether oxygens (including phenoxy) is 7. The second-order valence-electron chi connectivity index (χ2n) is 6.49. The van der Waals surface area contributed by atoms with Crippen LogP contribution in [-0.2, 0) is 52.3 Å². The van der Waals surface area contributed by atoms with E-state index in [1.165, 1.54) is 6.92 Å². The Labute approximate surface area is 189 Å². The third-order valence-corrected chi connectivity index (χ3v) is 4.35. The zero-order valence-corrected chi connectivity index (χ0v) is 19.1. The monoisotopic (exact) mass is 477 g/mol. The number of nitriles is 1. The number of carbonyl (C=O) groups excluding carboxylic acids is 4. The van der Waals surface area contributed by atoms with E-state index in [4.69, 9.17) is 38.4 Å². The van der Waals surface area contributed by atoms with Crippen LogP contribution in [0, 0.1) is 10.7 Å². The van der Waals surface area contributed by atoms with Crippen LogP contribution in [0.3, 0.4) is 0 Å². The SMILES string of the molecule is CC(=O)OC[C@H]1O[C@@H](OCCOCCSC#N)[C@H](OC(C)=O)[C@@H](OC(C)=O)[C@H]1OC(C)=O. The van der Waals surface area contributed by atoms with Gasteiger partial charge in [0, 0.05) is 33.4 Å². The highest BCUT2D eigenvalue weighted by Crippen LogP contribution is 2.29. The quantitative estimate of drug-likeness (QED) is 0.164. The number of carbonyl (C=O) groups is 4. The van der Waals surface area contributed by atoms with Gasteiger partial charge in [0.05, 0.1) is 19.8 Å². The predicted octanol–water partition coefficient (Wildman–Crippen LogP) is 0.317. The number of thioether (sulfide) groups is 1. The number of esters is 4. The Morgan fingerprint density at radius 2 is 1.44 bits per heavy atom. The van der Waals surface area contributed by atoms with Crippen LogP contribution in [0.1, 0.15) is 27.7 Å². The van der Waals surface area contributed by atoms with Crippen molar-refractivity contribution in [1.82, 2.24) is 0 Å². The maximum atomic E-state index is 11.7. The topological polar surface area (TPSA) is 157 Å². The first-order valence-electron chi connectivity index (χ1n) is 9.66. The lowest BCUT2D eigenvalue weighted by Gasteiger charge is -2.44. The number of hydrogen-bond donors (Lipinski definition) is 0. The molecule has 0 radical (unpaired) electrons. The minimum absolute atomic E-state index is 0.00492. The summed E-state index contributed by atoms with van der Waals surface area (Å²) >= 11 is 1.05. The molecule has 13 heteroatoms. The van der Waals surface area contributed by atoms with Crippen molar-refractivity contribution in [3.8, 4) is 5.40 Å². The molecule has 32 heavy (non-hydrogen) atoms. The van der Waals surface area contributed by atoms with Crippen molar-refractivity contribution in [2.45, 2.75) is 58.4 Å². The fraction of sp³-hybridized carbons (Fsp3) is 0.737. The average molecular weight is 477 g/mol. The second kappa shape index (κ2) is 14.6. The standard InChI is InChI=1S/C19H27NO11S/c1-11(21)27-9-15-16(28-12(2)22)17(29-13(3)23)18(30-14(4)24)19(31-15)26-6-5-25-7-8-32-10-20/h15-19H,5-9H2,1-4H3/t15-,16+,17+,18-,19-/m1/s1. The molecule has 1 saturated heterocycles. The largest absolute Gasteiger partial charge is 0.463 e. The molecule has 0 aromatic rings. The third kappa shape index (κ3) is 10.3. The van der Waals surface area contributed by atoms with Gasteiger partial charge in [0.1, 0.15) is 18.1 Å². The first-order chi connectivity index (χ1) is 15.1. The molecular formula is C19H27NO11S. The number of hydrogen-bond acceptors (Lipinski definition) is 13. The Morgan fingerprint density at radius 3 is 2.00 bits per heavy atom. The van der Waals surface area contributed by atoms with Crippen LogP contribution >= 0.6 is 11.8 Å². The molecule has 0 bridgehead atoms. The molecule has 0 saturated carbocycles. The summed E-state index contributed by atoms with van der Waals surface area (Å²) in [5, 5.41) is 10.4. The van der Waals surface area contributed by atoms with E-state index in [0.717, 1.165) is 32.5 Å². The first-order valence-corrected chi connectivity index (χ1v) is 10.6. The zero-order valence-electron chi connectivity index (χ0n) is 18.3. The summed E-state index contributed by atoms with van der Waals surface area (Å²) in [4.78, 5) is 46.3. The van der Waals surface area contributed by atoms with Gasteiger partial charge >= 0.3 is 23.9 Å². The molecule has 0 spiro atoms. The van der Waals surface area contributed by atoms with Gasteiger partial charge in [-0.25, -0.2) is 0 Å². The average Bonchev–Trinajstić information content (AvgIpc) is 2.68. The summed E-state index contributed by atoms with van der Waals surface area (Å²) in [6.07, 6.45) is -6.11. The minimum atomic E-state index is -1.28. The van der Waals surface area contributed by atoms with Gasteiger partial charge < -0.3 is 33.2 Å². The van der Waals surface area contributed by atoms with E-state index in [1.54, 1.807) is 0 Å². The molecule has 0 amide bonds. The number of thiocyanates is 1. The number of nitrogens with zero attached hydrogens (tertiary/aromatic N) is 1. The molecule has 1 heterocycles. The summed E-state index contributed by atoms with van der Waals surface area (Å²) in [5.74, 6) is -2.28. The predicted molar refractivity (Wildman–Crippen MR) is 107 cm³/mol. The molecule has 0 aliphatic carbocycles. The Bertz CT molecular complexity index is 695. The molecular weight excluding hydrogens is 450 g/mol. The summed E-state index contributed by atoms with van der Waals surface area (Å²) in [7, 11) is 0. The summed E-state index contributed by atoms with van der Waals surface area (Å²) < 4.78 is 37.5. The smallest absolute Gasteiger partial charge is 0.303 e. The number of rotatable bonds is 12. The van der Waals surface area contributed by atoms with E-state index in [2.05, 4.69) is 0 Å². The van der Waals surface area contributed by atoms with Crippen molar-refractivity contribution in [2.24, 2.45) is 0 Å². The third-order valence-electron chi connectivity index (χ3n) is 3.85. The van der Waals surface area contributed by atoms with Crippen molar-refractivity contribution < 1.29 is 52.3 Å². The second-order valence-corrected chi connectivity index (χ2v) is 7.37. The van der Waals surface area contributed by atoms with Gasteiger partial charge in [-0.05, 0) is 11.8 Å². The molecule has 180 valence electrons. The van der Waals surface area contributed by atoms with Crippen LogP contribution in [0.2, 0.25) is 0 Å². The maximum Gasteiger partial charge on any atom is 0.303 e. The van der Waals surface area contributed by atoms with E-state index in [9.17, 15) is 19.2 Å². The molecule has 0 aromatic carbocycles. The van der Waals surface area contributed by atoms with Crippen LogP contribution in [0.5, 0.6) is 0 Å². The van der Waals surface area contributed by atoms with E-state index < -0.39 is 54.6 Å². The molecule has 0 aromatic heterocycles. The van der Waals surface area contributed by atoms with E-state index in [1.807, 2.05) is 5.40 Å². The fourth-order valence-electron chi connectivity index (χ4n) is 2.79. The molecule has 1 aliphatic heterocycles. The molecule has 5 atom stereocenters. The van der Waals surface area contributed by atoms with Gasteiger partial charge in [-0.2, -0.15) is 5.26 Å². The van der Waals surface area contributed by atoms with Crippen LogP contribution < -0.4 is 0 Å². The molecule has 0 N–H and O–H groups in total. The van der Waals surface area contributed by atoms with Crippen LogP contribution in [0.25, 0.3) is 0 Å². The summed E-state index contributed by atoms with van der Waals surface area (Å²) in [5.41, 5.74) is 0.